The Bertz CT molecular complexity index is 1060. The molecule has 0 aliphatic carbocycles. The normalized spacial score (nSPS) is 12.6. The monoisotopic (exact) mass is 458 g/mol. The van der Waals surface area contributed by atoms with Crippen LogP contribution in [0.5, 0.6) is 5.88 Å². The Morgan fingerprint density at radius 1 is 1.35 bits per heavy atom. The Kier molecular flexibility index (Phi) is 6.56. The summed E-state index contributed by atoms with van der Waals surface area (Å²) in [5.74, 6) is -0.769. The van der Waals surface area contributed by atoms with Crippen LogP contribution >= 0.6 is 11.6 Å². The summed E-state index contributed by atoms with van der Waals surface area (Å²) < 4.78 is 49.9. The molecule has 1 amide bonds. The highest BCUT2D eigenvalue weighted by molar-refractivity contribution is 6.30. The Balaban J connectivity index is 1.77. The van der Waals surface area contributed by atoms with Gasteiger partial charge in [0.25, 0.3) is 5.91 Å². The zero-order valence-electron chi connectivity index (χ0n) is 16.4. The van der Waals surface area contributed by atoms with Gasteiger partial charge in [0.05, 0.1) is 5.56 Å². The fourth-order valence-electron chi connectivity index (χ4n) is 2.67. The fourth-order valence-corrected chi connectivity index (χ4v) is 2.80. The van der Waals surface area contributed by atoms with Crippen molar-refractivity contribution in [1.82, 2.24) is 20.3 Å². The predicted molar refractivity (Wildman–Crippen MR) is 103 cm³/mol. The molecule has 2 aromatic heterocycles. The van der Waals surface area contributed by atoms with Crippen molar-refractivity contribution in [1.29, 1.82) is 0 Å². The SMILES string of the molecule is CC(NC(=O)c1cc(OCc2c(-c3ccc(Cl)cc3)noc2CO)nn1C)C(F)(F)F. The number of hydrogen-bond donors (Lipinski definition) is 2. The smallest absolute Gasteiger partial charge is 0.408 e. The predicted octanol–water partition coefficient (Wildman–Crippen LogP) is 3.48. The summed E-state index contributed by atoms with van der Waals surface area (Å²) in [5.41, 5.74) is 1.44. The number of nitrogens with zero attached hydrogens (tertiary/aromatic N) is 3. The van der Waals surface area contributed by atoms with Gasteiger partial charge in [-0.25, -0.2) is 0 Å². The minimum atomic E-state index is -4.57. The van der Waals surface area contributed by atoms with E-state index in [1.165, 1.54) is 13.1 Å². The van der Waals surface area contributed by atoms with E-state index in [-0.39, 0.29) is 23.9 Å². The second-order valence-electron chi connectivity index (χ2n) is 6.61. The molecule has 0 spiro atoms. The number of benzene rings is 1. The number of amides is 1. The van der Waals surface area contributed by atoms with Crippen molar-refractivity contribution in [3.8, 4) is 17.1 Å². The third kappa shape index (κ3) is 5.17. The first-order valence-corrected chi connectivity index (χ1v) is 9.36. The average Bonchev–Trinajstić information content (AvgIpc) is 3.29. The van der Waals surface area contributed by atoms with Gasteiger partial charge in [-0.05, 0) is 19.1 Å². The standard InChI is InChI=1S/C19H18ClF3N4O4/c1-10(19(21,22)23)24-18(29)14-7-16(25-27(14)2)30-9-13-15(8-28)31-26-17(13)11-3-5-12(20)6-4-11/h3-7,10,28H,8-9H2,1-2H3,(H,24,29). The van der Waals surface area contributed by atoms with Crippen LogP contribution in [0.4, 0.5) is 13.2 Å². The van der Waals surface area contributed by atoms with Crippen molar-refractivity contribution in [2.45, 2.75) is 32.4 Å². The average molecular weight is 459 g/mol. The number of aryl methyl sites for hydroxylation is 1. The van der Waals surface area contributed by atoms with Crippen LogP contribution in [0, 0.1) is 0 Å². The van der Waals surface area contributed by atoms with E-state index < -0.39 is 24.7 Å². The molecule has 0 bridgehead atoms. The van der Waals surface area contributed by atoms with Gasteiger partial charge in [0.1, 0.15) is 30.6 Å². The summed E-state index contributed by atoms with van der Waals surface area (Å²) >= 11 is 5.90. The molecule has 0 fully saturated rings. The zero-order chi connectivity index (χ0) is 22.8. The first-order valence-electron chi connectivity index (χ1n) is 8.98. The Morgan fingerprint density at radius 2 is 2.03 bits per heavy atom. The lowest BCUT2D eigenvalue weighted by Gasteiger charge is -2.16. The van der Waals surface area contributed by atoms with Crippen LogP contribution in [0.2, 0.25) is 5.02 Å². The first-order chi connectivity index (χ1) is 14.6. The molecule has 3 rings (SSSR count). The van der Waals surface area contributed by atoms with Gasteiger partial charge in [-0.3, -0.25) is 9.48 Å². The summed E-state index contributed by atoms with van der Waals surface area (Å²) in [7, 11) is 1.40. The minimum absolute atomic E-state index is 0.000502. The van der Waals surface area contributed by atoms with Gasteiger partial charge in [-0.2, -0.15) is 13.2 Å². The Morgan fingerprint density at radius 3 is 2.65 bits per heavy atom. The summed E-state index contributed by atoms with van der Waals surface area (Å²) in [4.78, 5) is 12.1. The van der Waals surface area contributed by atoms with Crippen molar-refractivity contribution in [3.63, 3.8) is 0 Å². The van der Waals surface area contributed by atoms with E-state index in [0.717, 1.165) is 11.6 Å². The number of carbonyl (C=O) groups is 1. The number of alkyl halides is 3. The minimum Gasteiger partial charge on any atom is -0.471 e. The fraction of sp³-hybridized carbons (Fsp3) is 0.316. The van der Waals surface area contributed by atoms with Crippen LogP contribution in [0.15, 0.2) is 34.9 Å². The molecule has 1 atom stereocenters. The number of aliphatic hydroxyl groups excluding tert-OH is 1. The number of rotatable bonds is 7. The maximum Gasteiger partial charge on any atom is 0.408 e. The number of halogens is 4. The third-order valence-electron chi connectivity index (χ3n) is 4.42. The van der Waals surface area contributed by atoms with Crippen LogP contribution in [-0.4, -0.2) is 38.2 Å². The van der Waals surface area contributed by atoms with E-state index in [2.05, 4.69) is 10.3 Å². The highest BCUT2D eigenvalue weighted by atomic mass is 35.5. The second kappa shape index (κ2) is 8.98. The molecule has 1 aromatic carbocycles. The molecule has 0 saturated heterocycles. The van der Waals surface area contributed by atoms with E-state index in [1.807, 2.05) is 5.32 Å². The van der Waals surface area contributed by atoms with Crippen LogP contribution in [-0.2, 0) is 20.3 Å². The number of ether oxygens (including phenoxy) is 1. The highest BCUT2D eigenvalue weighted by Gasteiger charge is 2.37. The number of aromatic nitrogens is 3. The Labute approximate surface area is 179 Å². The molecule has 3 aromatic rings. The van der Waals surface area contributed by atoms with Gasteiger partial charge in [0, 0.05) is 23.7 Å². The molecule has 0 aliphatic heterocycles. The van der Waals surface area contributed by atoms with E-state index in [1.54, 1.807) is 24.3 Å². The molecule has 2 heterocycles. The molecule has 0 aliphatic rings. The molecule has 12 heteroatoms. The van der Waals surface area contributed by atoms with Crippen molar-refractivity contribution < 1.29 is 32.3 Å². The van der Waals surface area contributed by atoms with Crippen LogP contribution in [0.3, 0.4) is 0 Å². The largest absolute Gasteiger partial charge is 0.471 e. The summed E-state index contributed by atoms with van der Waals surface area (Å²) in [6.45, 7) is 0.297. The molecular formula is C19H18ClF3N4O4. The molecule has 0 radical (unpaired) electrons. The summed E-state index contributed by atoms with van der Waals surface area (Å²) in [6.07, 6.45) is -4.57. The lowest BCUT2D eigenvalue weighted by molar-refractivity contribution is -0.149. The van der Waals surface area contributed by atoms with Crippen molar-refractivity contribution in [2.75, 3.05) is 0 Å². The zero-order valence-corrected chi connectivity index (χ0v) is 17.2. The molecule has 2 N–H and O–H groups in total. The maximum atomic E-state index is 12.7. The van der Waals surface area contributed by atoms with Gasteiger partial charge in [-0.15, -0.1) is 5.10 Å². The molecule has 0 saturated carbocycles. The molecular weight excluding hydrogens is 441 g/mol. The van der Waals surface area contributed by atoms with Gasteiger partial charge in [0.15, 0.2) is 5.76 Å². The van der Waals surface area contributed by atoms with E-state index in [0.29, 0.717) is 21.8 Å². The molecule has 166 valence electrons. The van der Waals surface area contributed by atoms with Gasteiger partial charge in [0.2, 0.25) is 5.88 Å². The molecule has 8 nitrogen and oxygen atoms in total. The summed E-state index contributed by atoms with van der Waals surface area (Å²) in [6, 6.07) is 5.96. The third-order valence-corrected chi connectivity index (χ3v) is 4.68. The summed E-state index contributed by atoms with van der Waals surface area (Å²) in [5, 5.41) is 19.9. The van der Waals surface area contributed by atoms with Crippen molar-refractivity contribution in [3.05, 3.63) is 52.4 Å². The topological polar surface area (TPSA) is 102 Å². The highest BCUT2D eigenvalue weighted by Crippen LogP contribution is 2.28. The number of carbonyl (C=O) groups excluding carboxylic acids is 1. The van der Waals surface area contributed by atoms with Gasteiger partial charge < -0.3 is 19.7 Å². The Hall–Kier alpha value is -3.05. The first kappa shape index (κ1) is 22.6. The maximum absolute atomic E-state index is 12.7. The number of nitrogens with one attached hydrogen (secondary N) is 1. The van der Waals surface area contributed by atoms with Gasteiger partial charge >= 0.3 is 6.18 Å². The number of hydrogen-bond acceptors (Lipinski definition) is 6. The van der Waals surface area contributed by atoms with Crippen LogP contribution < -0.4 is 10.1 Å². The number of aliphatic hydroxyl groups is 1. The lowest BCUT2D eigenvalue weighted by atomic mass is 10.1. The lowest BCUT2D eigenvalue weighted by Crippen LogP contribution is -2.43. The molecule has 31 heavy (non-hydrogen) atoms. The van der Waals surface area contributed by atoms with E-state index >= 15 is 0 Å². The molecule has 1 unspecified atom stereocenters. The van der Waals surface area contributed by atoms with Crippen molar-refractivity contribution >= 4 is 17.5 Å². The van der Waals surface area contributed by atoms with E-state index in [9.17, 15) is 23.1 Å². The van der Waals surface area contributed by atoms with Gasteiger partial charge in [-0.1, -0.05) is 28.9 Å². The van der Waals surface area contributed by atoms with Crippen molar-refractivity contribution in [2.24, 2.45) is 7.05 Å². The second-order valence-corrected chi connectivity index (χ2v) is 7.05. The van der Waals surface area contributed by atoms with E-state index in [4.69, 9.17) is 20.9 Å². The van der Waals surface area contributed by atoms with Crippen LogP contribution in [0.1, 0.15) is 28.7 Å². The quantitative estimate of drug-likeness (QED) is 0.562. The van der Waals surface area contributed by atoms with Crippen LogP contribution in [0.25, 0.3) is 11.3 Å².